The average molecular weight is 441 g/mol. The fourth-order valence-corrected chi connectivity index (χ4v) is 4.81. The second-order valence-corrected chi connectivity index (χ2v) is 8.88. The molecule has 2 aromatic carbocycles. The first kappa shape index (κ1) is 21.7. The van der Waals surface area contributed by atoms with Gasteiger partial charge in [0.1, 0.15) is 11.9 Å². The van der Waals surface area contributed by atoms with E-state index >= 15 is 0 Å². The standard InChI is InChI=1S/C25H29ClN2O3/c1-27-15-6-7-16-28(24(29)18-9-8-10-19(26)17-18)21-12-3-5-14-23(21)31-22-13-4-2-11-20(22)25(27)30/h2,4,8-11,13,17,21,23H,3,5-7,12,14-16H2,1H3/t21-,23+/m1/s1. The quantitative estimate of drug-likeness (QED) is 0.624. The number of carbonyl (C=O) groups is 2. The lowest BCUT2D eigenvalue weighted by Gasteiger charge is -2.40. The predicted molar refractivity (Wildman–Crippen MR) is 122 cm³/mol. The van der Waals surface area contributed by atoms with Crippen molar-refractivity contribution >= 4 is 23.4 Å². The van der Waals surface area contributed by atoms with E-state index in [9.17, 15) is 9.59 Å². The Hall–Kier alpha value is -2.53. The van der Waals surface area contributed by atoms with Gasteiger partial charge in [0.05, 0.1) is 11.6 Å². The molecule has 1 fully saturated rings. The van der Waals surface area contributed by atoms with Gasteiger partial charge in [-0.1, -0.05) is 36.2 Å². The lowest BCUT2D eigenvalue weighted by Crippen LogP contribution is -2.51. The van der Waals surface area contributed by atoms with Crippen molar-refractivity contribution in [2.45, 2.75) is 50.7 Å². The van der Waals surface area contributed by atoms with Gasteiger partial charge in [-0.05, 0) is 62.4 Å². The number of benzene rings is 2. The number of nitrogens with zero attached hydrogens (tertiary/aromatic N) is 2. The van der Waals surface area contributed by atoms with E-state index in [1.807, 2.05) is 48.3 Å². The normalized spacial score (nSPS) is 22.5. The van der Waals surface area contributed by atoms with E-state index in [2.05, 4.69) is 0 Å². The smallest absolute Gasteiger partial charge is 0.257 e. The number of hydrogen-bond acceptors (Lipinski definition) is 3. The van der Waals surface area contributed by atoms with Crippen molar-refractivity contribution in [1.82, 2.24) is 9.80 Å². The van der Waals surface area contributed by atoms with Crippen LogP contribution in [-0.4, -0.2) is 53.9 Å². The first-order valence-electron chi connectivity index (χ1n) is 11.1. The Morgan fingerprint density at radius 2 is 1.77 bits per heavy atom. The molecular weight excluding hydrogens is 412 g/mol. The summed E-state index contributed by atoms with van der Waals surface area (Å²) in [6.45, 7) is 1.28. The van der Waals surface area contributed by atoms with Gasteiger partial charge in [0, 0.05) is 30.7 Å². The monoisotopic (exact) mass is 440 g/mol. The van der Waals surface area contributed by atoms with Gasteiger partial charge in [-0.25, -0.2) is 0 Å². The molecule has 0 spiro atoms. The van der Waals surface area contributed by atoms with Crippen molar-refractivity contribution in [3.05, 3.63) is 64.7 Å². The molecule has 2 amide bonds. The second kappa shape index (κ2) is 9.73. The number of carbonyl (C=O) groups excluding carboxylic acids is 2. The minimum absolute atomic E-state index is 0.00206. The molecule has 0 aromatic heterocycles. The molecule has 164 valence electrons. The van der Waals surface area contributed by atoms with Crippen LogP contribution in [0.1, 0.15) is 59.2 Å². The molecular formula is C25H29ClN2O3. The van der Waals surface area contributed by atoms with E-state index < -0.39 is 0 Å². The van der Waals surface area contributed by atoms with E-state index in [1.165, 1.54) is 0 Å². The molecule has 0 unspecified atom stereocenters. The molecule has 1 heterocycles. The predicted octanol–water partition coefficient (Wildman–Crippen LogP) is 5.04. The highest BCUT2D eigenvalue weighted by Crippen LogP contribution is 2.31. The number of halogens is 1. The summed E-state index contributed by atoms with van der Waals surface area (Å²) in [6, 6.07) is 14.6. The van der Waals surface area contributed by atoms with Crippen LogP contribution in [0.15, 0.2) is 48.5 Å². The van der Waals surface area contributed by atoms with Gasteiger partial charge in [0.2, 0.25) is 0 Å². The summed E-state index contributed by atoms with van der Waals surface area (Å²) >= 11 is 6.16. The van der Waals surface area contributed by atoms with Crippen LogP contribution < -0.4 is 4.74 Å². The molecule has 0 radical (unpaired) electrons. The molecule has 1 aliphatic carbocycles. The SMILES string of the molecule is CN1CCCCN(C(=O)c2cccc(Cl)c2)[C@@H]2CCCC[C@@H]2Oc2ccccc2C1=O. The van der Waals surface area contributed by atoms with Gasteiger partial charge in [0.15, 0.2) is 0 Å². The first-order valence-corrected chi connectivity index (χ1v) is 11.5. The van der Waals surface area contributed by atoms with Gasteiger partial charge in [-0.3, -0.25) is 9.59 Å². The number of rotatable bonds is 1. The van der Waals surface area contributed by atoms with Gasteiger partial charge in [0.25, 0.3) is 11.8 Å². The molecule has 2 atom stereocenters. The van der Waals surface area contributed by atoms with Crippen molar-refractivity contribution in [3.63, 3.8) is 0 Å². The van der Waals surface area contributed by atoms with Gasteiger partial charge < -0.3 is 14.5 Å². The Labute approximate surface area is 188 Å². The van der Waals surface area contributed by atoms with Gasteiger partial charge in [-0.2, -0.15) is 0 Å². The van der Waals surface area contributed by atoms with Gasteiger partial charge >= 0.3 is 0 Å². The van der Waals surface area contributed by atoms with E-state index in [4.69, 9.17) is 16.3 Å². The van der Waals surface area contributed by atoms with E-state index in [0.717, 1.165) is 38.5 Å². The van der Waals surface area contributed by atoms with Crippen molar-refractivity contribution < 1.29 is 14.3 Å². The topological polar surface area (TPSA) is 49.9 Å². The summed E-state index contributed by atoms with van der Waals surface area (Å²) in [4.78, 5) is 30.2. The summed E-state index contributed by atoms with van der Waals surface area (Å²) in [6.07, 6.45) is 5.39. The van der Waals surface area contributed by atoms with Crippen LogP contribution >= 0.6 is 11.6 Å². The summed E-state index contributed by atoms with van der Waals surface area (Å²) in [7, 11) is 1.82. The summed E-state index contributed by atoms with van der Waals surface area (Å²) < 4.78 is 6.46. The van der Waals surface area contributed by atoms with Crippen molar-refractivity contribution in [2.24, 2.45) is 0 Å². The number of para-hydroxylation sites is 1. The van der Waals surface area contributed by atoms with E-state index in [1.54, 1.807) is 17.0 Å². The van der Waals surface area contributed by atoms with Crippen LogP contribution in [0.4, 0.5) is 0 Å². The van der Waals surface area contributed by atoms with Crippen LogP contribution in [0.2, 0.25) is 5.02 Å². The minimum atomic E-state index is -0.143. The van der Waals surface area contributed by atoms with E-state index in [0.29, 0.717) is 35.0 Å². The van der Waals surface area contributed by atoms with Crippen LogP contribution in [0, 0.1) is 0 Å². The number of amides is 2. The Balaban J connectivity index is 1.69. The summed E-state index contributed by atoms with van der Waals surface area (Å²) in [5, 5.41) is 0.561. The molecule has 0 saturated heterocycles. The van der Waals surface area contributed by atoms with Crippen LogP contribution in [-0.2, 0) is 0 Å². The van der Waals surface area contributed by atoms with Crippen LogP contribution in [0.25, 0.3) is 0 Å². The maximum Gasteiger partial charge on any atom is 0.257 e. The molecule has 4 rings (SSSR count). The molecule has 1 saturated carbocycles. The fourth-order valence-electron chi connectivity index (χ4n) is 4.62. The third-order valence-electron chi connectivity index (χ3n) is 6.29. The highest BCUT2D eigenvalue weighted by atomic mass is 35.5. The second-order valence-electron chi connectivity index (χ2n) is 8.45. The lowest BCUT2D eigenvalue weighted by atomic mass is 9.90. The Bertz CT molecular complexity index is 948. The van der Waals surface area contributed by atoms with Crippen molar-refractivity contribution in [3.8, 4) is 5.75 Å². The minimum Gasteiger partial charge on any atom is -0.487 e. The zero-order valence-corrected chi connectivity index (χ0v) is 18.7. The highest BCUT2D eigenvalue weighted by Gasteiger charge is 2.35. The first-order chi connectivity index (χ1) is 15.0. The zero-order valence-electron chi connectivity index (χ0n) is 17.9. The summed E-state index contributed by atoms with van der Waals surface area (Å²) in [5.41, 5.74) is 1.19. The molecule has 1 aliphatic heterocycles. The highest BCUT2D eigenvalue weighted by molar-refractivity contribution is 6.30. The van der Waals surface area contributed by atoms with E-state index in [-0.39, 0.29) is 24.0 Å². The number of hydrogen-bond donors (Lipinski definition) is 0. The van der Waals surface area contributed by atoms with Crippen LogP contribution in [0.3, 0.4) is 0 Å². The number of ether oxygens (including phenoxy) is 1. The Morgan fingerprint density at radius 1 is 1.00 bits per heavy atom. The Kier molecular flexibility index (Phi) is 6.81. The third-order valence-corrected chi connectivity index (χ3v) is 6.52. The number of fused-ring (bicyclic) bond motifs is 2. The van der Waals surface area contributed by atoms with Crippen molar-refractivity contribution in [1.29, 1.82) is 0 Å². The maximum absolute atomic E-state index is 13.5. The lowest BCUT2D eigenvalue weighted by molar-refractivity contribution is 0.0261. The third kappa shape index (κ3) is 4.87. The van der Waals surface area contributed by atoms with Gasteiger partial charge in [-0.15, -0.1) is 0 Å². The summed E-state index contributed by atoms with van der Waals surface area (Å²) in [5.74, 6) is 0.583. The molecule has 31 heavy (non-hydrogen) atoms. The molecule has 2 aliphatic rings. The zero-order chi connectivity index (χ0) is 21.8. The van der Waals surface area contributed by atoms with Crippen LogP contribution in [0.5, 0.6) is 5.75 Å². The van der Waals surface area contributed by atoms with Crippen molar-refractivity contribution in [2.75, 3.05) is 20.1 Å². The largest absolute Gasteiger partial charge is 0.487 e. The fraction of sp³-hybridized carbons (Fsp3) is 0.440. The molecule has 0 N–H and O–H groups in total. The molecule has 2 aromatic rings. The molecule has 5 nitrogen and oxygen atoms in total. The molecule has 0 bridgehead atoms. The maximum atomic E-state index is 13.5. The Morgan fingerprint density at radius 3 is 2.61 bits per heavy atom. The average Bonchev–Trinajstić information content (AvgIpc) is 2.78. The molecule has 6 heteroatoms.